The number of amides is 1. The molecule has 7 nitrogen and oxygen atoms in total. The molecular formula is C23H30ClN3O4S. The van der Waals surface area contributed by atoms with E-state index in [0.717, 1.165) is 24.3 Å². The van der Waals surface area contributed by atoms with Crippen molar-refractivity contribution in [1.29, 1.82) is 0 Å². The van der Waals surface area contributed by atoms with Gasteiger partial charge in [0.05, 0.1) is 4.90 Å². The highest BCUT2D eigenvalue weighted by Gasteiger charge is 2.22. The number of rotatable bonds is 8. The molecular weight excluding hydrogens is 450 g/mol. The van der Waals surface area contributed by atoms with Gasteiger partial charge >= 0.3 is 0 Å². The van der Waals surface area contributed by atoms with Gasteiger partial charge < -0.3 is 14.5 Å². The van der Waals surface area contributed by atoms with Crippen molar-refractivity contribution in [3.8, 4) is 5.75 Å². The molecule has 0 bridgehead atoms. The van der Waals surface area contributed by atoms with E-state index in [0.29, 0.717) is 30.4 Å². The number of ether oxygens (including phenoxy) is 1. The molecule has 1 aliphatic rings. The van der Waals surface area contributed by atoms with Gasteiger partial charge in [0.25, 0.3) is 5.91 Å². The first-order valence-corrected chi connectivity index (χ1v) is 12.5. The van der Waals surface area contributed by atoms with Crippen LogP contribution in [0.25, 0.3) is 0 Å². The predicted molar refractivity (Wildman–Crippen MR) is 127 cm³/mol. The Morgan fingerprint density at radius 3 is 2.38 bits per heavy atom. The molecule has 1 aliphatic heterocycles. The summed E-state index contributed by atoms with van der Waals surface area (Å²) in [5.74, 6) is 0.576. The van der Waals surface area contributed by atoms with Crippen LogP contribution in [0.5, 0.6) is 5.75 Å². The number of benzene rings is 2. The first-order valence-electron chi connectivity index (χ1n) is 10.7. The van der Waals surface area contributed by atoms with Crippen molar-refractivity contribution >= 4 is 33.2 Å². The van der Waals surface area contributed by atoms with Crippen molar-refractivity contribution in [3.63, 3.8) is 0 Å². The van der Waals surface area contributed by atoms with Crippen LogP contribution in [-0.4, -0.2) is 58.6 Å². The molecule has 2 aromatic rings. The Morgan fingerprint density at radius 1 is 1.09 bits per heavy atom. The van der Waals surface area contributed by atoms with E-state index in [-0.39, 0.29) is 23.3 Å². The Morgan fingerprint density at radius 2 is 1.75 bits per heavy atom. The van der Waals surface area contributed by atoms with E-state index >= 15 is 0 Å². The van der Waals surface area contributed by atoms with E-state index < -0.39 is 10.0 Å². The summed E-state index contributed by atoms with van der Waals surface area (Å²) in [6.45, 7) is 8.87. The summed E-state index contributed by atoms with van der Waals surface area (Å²) in [6.07, 6.45) is 0. The van der Waals surface area contributed by atoms with Gasteiger partial charge in [-0.15, -0.1) is 0 Å². The smallest absolute Gasteiger partial charge is 0.260 e. The molecule has 1 heterocycles. The molecule has 9 heteroatoms. The van der Waals surface area contributed by atoms with Crippen LogP contribution in [0.15, 0.2) is 47.4 Å². The van der Waals surface area contributed by atoms with Crippen LogP contribution < -0.4 is 14.4 Å². The Labute approximate surface area is 195 Å². The lowest BCUT2D eigenvalue weighted by Crippen LogP contribution is -2.50. The van der Waals surface area contributed by atoms with E-state index in [1.807, 2.05) is 39.0 Å². The fourth-order valence-corrected chi connectivity index (χ4v) is 4.81. The Balaban J connectivity index is 1.49. The monoisotopic (exact) mass is 479 g/mol. The first-order chi connectivity index (χ1) is 15.2. The predicted octanol–water partition coefficient (Wildman–Crippen LogP) is 3.31. The number of carbonyl (C=O) groups excluding carboxylic acids is 1. The second kappa shape index (κ2) is 10.6. The van der Waals surface area contributed by atoms with Crippen LogP contribution in [-0.2, 0) is 14.8 Å². The number of aryl methyl sites for hydroxylation is 1. The van der Waals surface area contributed by atoms with E-state index in [1.54, 1.807) is 17.0 Å². The summed E-state index contributed by atoms with van der Waals surface area (Å²) in [5.41, 5.74) is 2.25. The lowest BCUT2D eigenvalue weighted by Gasteiger charge is -2.36. The summed E-state index contributed by atoms with van der Waals surface area (Å²) in [5, 5.41) is 0.701. The average Bonchev–Trinajstić information content (AvgIpc) is 2.78. The van der Waals surface area contributed by atoms with Gasteiger partial charge in [-0.25, -0.2) is 13.1 Å². The van der Waals surface area contributed by atoms with Gasteiger partial charge in [-0.1, -0.05) is 31.5 Å². The number of carbonyl (C=O) groups is 1. The molecule has 3 rings (SSSR count). The molecule has 1 N–H and O–H groups in total. The highest BCUT2D eigenvalue weighted by atomic mass is 35.5. The Bertz CT molecular complexity index is 1030. The van der Waals surface area contributed by atoms with Crippen LogP contribution in [0, 0.1) is 12.8 Å². The van der Waals surface area contributed by atoms with Gasteiger partial charge in [0, 0.05) is 43.4 Å². The van der Waals surface area contributed by atoms with Crippen LogP contribution in [0.1, 0.15) is 19.4 Å². The third-order valence-corrected chi connectivity index (χ3v) is 7.00. The number of sulfonamides is 1. The summed E-state index contributed by atoms with van der Waals surface area (Å²) in [7, 11) is -3.55. The van der Waals surface area contributed by atoms with Gasteiger partial charge in [0.1, 0.15) is 5.75 Å². The van der Waals surface area contributed by atoms with Crippen molar-refractivity contribution in [2.24, 2.45) is 5.92 Å². The van der Waals surface area contributed by atoms with Crippen LogP contribution in [0.3, 0.4) is 0 Å². The number of hydrogen-bond acceptors (Lipinski definition) is 5. The quantitative estimate of drug-likeness (QED) is 0.628. The maximum Gasteiger partial charge on any atom is 0.260 e. The molecule has 0 aromatic heterocycles. The molecule has 0 aliphatic carbocycles. The number of piperazine rings is 1. The normalized spacial score (nSPS) is 14.7. The van der Waals surface area contributed by atoms with Crippen LogP contribution in [0.4, 0.5) is 5.69 Å². The van der Waals surface area contributed by atoms with Crippen LogP contribution >= 0.6 is 11.6 Å². The number of nitrogens with zero attached hydrogens (tertiary/aromatic N) is 2. The minimum atomic E-state index is -3.55. The zero-order valence-corrected chi connectivity index (χ0v) is 20.2. The number of halogens is 1. The van der Waals surface area contributed by atoms with E-state index in [9.17, 15) is 13.2 Å². The SMILES string of the molecule is Cc1ccc(Cl)cc1N1CCN(C(=O)COc2ccc(S(=O)(=O)NCC(C)C)cc2)CC1. The molecule has 1 fully saturated rings. The number of hydrogen-bond donors (Lipinski definition) is 1. The molecule has 1 saturated heterocycles. The highest BCUT2D eigenvalue weighted by Crippen LogP contribution is 2.25. The average molecular weight is 480 g/mol. The second-order valence-electron chi connectivity index (χ2n) is 8.30. The van der Waals surface area contributed by atoms with Gasteiger partial charge in [0.2, 0.25) is 10.0 Å². The van der Waals surface area contributed by atoms with E-state index in [1.165, 1.54) is 12.1 Å². The van der Waals surface area contributed by atoms with Crippen LogP contribution in [0.2, 0.25) is 5.02 Å². The van der Waals surface area contributed by atoms with Crippen molar-refractivity contribution in [3.05, 3.63) is 53.1 Å². The van der Waals surface area contributed by atoms with Gasteiger partial charge in [-0.2, -0.15) is 0 Å². The molecule has 0 unspecified atom stereocenters. The summed E-state index contributed by atoms with van der Waals surface area (Å²) >= 11 is 6.13. The summed E-state index contributed by atoms with van der Waals surface area (Å²) in [4.78, 5) is 16.8. The minimum Gasteiger partial charge on any atom is -0.484 e. The maximum absolute atomic E-state index is 12.6. The molecule has 0 saturated carbocycles. The number of anilines is 1. The van der Waals surface area contributed by atoms with Gasteiger partial charge in [-0.05, 0) is 54.8 Å². The fraction of sp³-hybridized carbons (Fsp3) is 0.435. The van der Waals surface area contributed by atoms with Crippen molar-refractivity contribution in [2.75, 3.05) is 44.2 Å². The zero-order chi connectivity index (χ0) is 23.3. The third kappa shape index (κ3) is 6.37. The lowest BCUT2D eigenvalue weighted by molar-refractivity contribution is -0.133. The minimum absolute atomic E-state index is 0.0894. The summed E-state index contributed by atoms with van der Waals surface area (Å²) < 4.78 is 32.7. The Kier molecular flexibility index (Phi) is 8.03. The highest BCUT2D eigenvalue weighted by molar-refractivity contribution is 7.89. The number of nitrogens with one attached hydrogen (secondary N) is 1. The van der Waals surface area contributed by atoms with Gasteiger partial charge in [0.15, 0.2) is 6.61 Å². The first kappa shape index (κ1) is 24.4. The third-order valence-electron chi connectivity index (χ3n) is 5.32. The largest absolute Gasteiger partial charge is 0.484 e. The molecule has 1 amide bonds. The Hall–Kier alpha value is -2.29. The molecule has 32 heavy (non-hydrogen) atoms. The topological polar surface area (TPSA) is 79.0 Å². The molecule has 0 spiro atoms. The molecule has 2 aromatic carbocycles. The van der Waals surface area contributed by atoms with Crippen molar-refractivity contribution in [2.45, 2.75) is 25.7 Å². The molecule has 0 radical (unpaired) electrons. The van der Waals surface area contributed by atoms with E-state index in [4.69, 9.17) is 16.3 Å². The van der Waals surface area contributed by atoms with Crippen molar-refractivity contribution < 1.29 is 17.9 Å². The maximum atomic E-state index is 12.6. The van der Waals surface area contributed by atoms with E-state index in [2.05, 4.69) is 9.62 Å². The molecule has 0 atom stereocenters. The summed E-state index contributed by atoms with van der Waals surface area (Å²) in [6, 6.07) is 11.9. The van der Waals surface area contributed by atoms with Crippen molar-refractivity contribution in [1.82, 2.24) is 9.62 Å². The lowest BCUT2D eigenvalue weighted by atomic mass is 10.1. The molecule has 174 valence electrons. The fourth-order valence-electron chi connectivity index (χ4n) is 3.43. The standard InChI is InChI=1S/C23H30ClN3O4S/c1-17(2)15-25-32(29,30)21-8-6-20(7-9-21)31-16-23(28)27-12-10-26(11-13-27)22-14-19(24)5-4-18(22)3/h4-9,14,17,25H,10-13,15-16H2,1-3H3. The second-order valence-corrected chi connectivity index (χ2v) is 10.5. The zero-order valence-electron chi connectivity index (χ0n) is 18.7. The van der Waals surface area contributed by atoms with Gasteiger partial charge in [-0.3, -0.25) is 4.79 Å².